The highest BCUT2D eigenvalue weighted by Gasteiger charge is 2.31. The van der Waals surface area contributed by atoms with E-state index in [2.05, 4.69) is 55.9 Å². The van der Waals surface area contributed by atoms with Gasteiger partial charge in [-0.25, -0.2) is 19.6 Å². The summed E-state index contributed by atoms with van der Waals surface area (Å²) in [5.41, 5.74) is 4.16. The third-order valence-corrected chi connectivity index (χ3v) is 8.49. The number of aromatic nitrogens is 6. The first-order valence-electron chi connectivity index (χ1n) is 15.1. The van der Waals surface area contributed by atoms with Crippen molar-refractivity contribution < 1.29 is 9.47 Å². The van der Waals surface area contributed by atoms with E-state index >= 15 is 0 Å². The average molecular weight is 570 g/mol. The molecule has 0 aromatic carbocycles. The van der Waals surface area contributed by atoms with Crippen LogP contribution in [0.1, 0.15) is 38.8 Å². The second kappa shape index (κ2) is 11.4. The fourth-order valence-electron chi connectivity index (χ4n) is 5.94. The van der Waals surface area contributed by atoms with Crippen LogP contribution in [0.15, 0.2) is 43.0 Å². The van der Waals surface area contributed by atoms with Crippen molar-refractivity contribution in [2.45, 2.75) is 58.3 Å². The Hall–Kier alpha value is -3.96. The maximum Gasteiger partial charge on any atom is 0.222 e. The fourth-order valence-corrected chi connectivity index (χ4v) is 5.94. The Bertz CT molecular complexity index is 1550. The van der Waals surface area contributed by atoms with E-state index in [0.29, 0.717) is 36.4 Å². The second-order valence-electron chi connectivity index (χ2n) is 11.6. The first kappa shape index (κ1) is 26.9. The zero-order valence-corrected chi connectivity index (χ0v) is 24.7. The summed E-state index contributed by atoms with van der Waals surface area (Å²) in [4.78, 5) is 19.2. The largest absolute Gasteiger partial charge is 0.490 e. The van der Waals surface area contributed by atoms with Gasteiger partial charge in [0.15, 0.2) is 5.82 Å². The van der Waals surface area contributed by atoms with Gasteiger partial charge in [0, 0.05) is 100 Å². The minimum atomic E-state index is -0.0804. The average Bonchev–Trinajstić information content (AvgIpc) is 3.67. The maximum absolute atomic E-state index is 6.57. The Morgan fingerprint density at radius 1 is 1.00 bits per heavy atom. The van der Waals surface area contributed by atoms with Gasteiger partial charge in [-0.2, -0.15) is 5.10 Å². The van der Waals surface area contributed by atoms with Gasteiger partial charge in [0.2, 0.25) is 5.88 Å². The number of nitrogens with one attached hydrogen (secondary N) is 1. The standard InChI is InChI=1S/C31H39N9O2/c1-4-39-19-22(15-24(39)20-38-10-12-40(13-11-38)23-5-6-23)25-17-33-29-16-27(25)42-21(2)8-14-41-31-26(18-34-37(31)3)30-32-9-7-28(35-29)36-30/h7,9,15-19,21,23H,4-6,8,10-14,20H2,1-3H3,(H,32,33,35,36)/t21-/m0/s1. The Balaban J connectivity index is 1.17. The lowest BCUT2D eigenvalue weighted by Crippen LogP contribution is -2.46. The normalized spacial score (nSPS) is 19.7. The van der Waals surface area contributed by atoms with E-state index in [1.165, 1.54) is 31.6 Å². The third-order valence-electron chi connectivity index (χ3n) is 8.49. The minimum absolute atomic E-state index is 0.0804. The highest BCUT2D eigenvalue weighted by atomic mass is 16.5. The van der Waals surface area contributed by atoms with Crippen LogP contribution < -0.4 is 14.8 Å². The molecule has 11 nitrogen and oxygen atoms in total. The number of nitrogens with zero attached hydrogens (tertiary/aromatic N) is 8. The van der Waals surface area contributed by atoms with Crippen molar-refractivity contribution in [3.8, 4) is 34.1 Å². The van der Waals surface area contributed by atoms with E-state index < -0.39 is 0 Å². The summed E-state index contributed by atoms with van der Waals surface area (Å²) >= 11 is 0. The van der Waals surface area contributed by atoms with E-state index in [0.717, 1.165) is 54.7 Å². The van der Waals surface area contributed by atoms with E-state index in [1.54, 1.807) is 17.1 Å². The van der Waals surface area contributed by atoms with E-state index in [1.807, 2.05) is 25.4 Å². The first-order chi connectivity index (χ1) is 20.5. The van der Waals surface area contributed by atoms with Gasteiger partial charge in [0.1, 0.15) is 22.9 Å². The van der Waals surface area contributed by atoms with Gasteiger partial charge in [0.05, 0.1) is 18.9 Å². The number of hydrogen-bond acceptors (Lipinski definition) is 9. The number of pyridine rings is 1. The first-order valence-corrected chi connectivity index (χ1v) is 15.1. The molecule has 1 saturated carbocycles. The monoisotopic (exact) mass is 569 g/mol. The Morgan fingerprint density at radius 3 is 2.67 bits per heavy atom. The fraction of sp³-hybridized carbons (Fsp3) is 0.484. The molecule has 2 fully saturated rings. The van der Waals surface area contributed by atoms with Gasteiger partial charge in [-0.05, 0) is 38.8 Å². The Morgan fingerprint density at radius 2 is 1.86 bits per heavy atom. The number of piperazine rings is 1. The summed E-state index contributed by atoms with van der Waals surface area (Å²) in [6, 6.07) is 6.95. The van der Waals surface area contributed by atoms with Gasteiger partial charge >= 0.3 is 0 Å². The van der Waals surface area contributed by atoms with Crippen molar-refractivity contribution in [2.75, 3.05) is 38.1 Å². The zero-order valence-electron chi connectivity index (χ0n) is 24.7. The van der Waals surface area contributed by atoms with Crippen molar-refractivity contribution in [2.24, 2.45) is 7.05 Å². The summed E-state index contributed by atoms with van der Waals surface area (Å²) in [5, 5.41) is 7.71. The minimum Gasteiger partial charge on any atom is -0.490 e. The molecule has 1 saturated heterocycles. The van der Waals surface area contributed by atoms with Crippen LogP contribution in [0.3, 0.4) is 0 Å². The van der Waals surface area contributed by atoms with Crippen LogP contribution in [0, 0.1) is 0 Å². The molecule has 1 aliphatic carbocycles. The third kappa shape index (κ3) is 5.58. The van der Waals surface area contributed by atoms with E-state index in [-0.39, 0.29) is 6.10 Å². The summed E-state index contributed by atoms with van der Waals surface area (Å²) < 4.78 is 16.8. The van der Waals surface area contributed by atoms with Crippen LogP contribution in [-0.4, -0.2) is 84.0 Å². The number of anilines is 2. The van der Waals surface area contributed by atoms with Gasteiger partial charge in [0.25, 0.3) is 0 Å². The number of aryl methyl sites for hydroxylation is 2. The molecule has 0 radical (unpaired) electrons. The molecule has 1 atom stereocenters. The molecule has 4 bridgehead atoms. The summed E-state index contributed by atoms with van der Waals surface area (Å²) in [6.45, 7) is 11.2. The highest BCUT2D eigenvalue weighted by Crippen LogP contribution is 2.36. The molecule has 6 heterocycles. The lowest BCUT2D eigenvalue weighted by molar-refractivity contribution is 0.119. The van der Waals surface area contributed by atoms with Crippen LogP contribution in [-0.2, 0) is 20.1 Å². The van der Waals surface area contributed by atoms with Crippen LogP contribution in [0.2, 0.25) is 0 Å². The molecule has 0 amide bonds. The Kier molecular flexibility index (Phi) is 7.29. The molecule has 4 aromatic rings. The quantitative estimate of drug-likeness (QED) is 0.377. The molecule has 2 aliphatic heterocycles. The number of rotatable bonds is 5. The van der Waals surface area contributed by atoms with Gasteiger partial charge in [-0.1, -0.05) is 0 Å². The van der Waals surface area contributed by atoms with E-state index in [9.17, 15) is 0 Å². The molecule has 42 heavy (non-hydrogen) atoms. The van der Waals surface area contributed by atoms with Crippen LogP contribution in [0.25, 0.3) is 22.5 Å². The predicted molar refractivity (Wildman–Crippen MR) is 161 cm³/mol. The smallest absolute Gasteiger partial charge is 0.222 e. The molecule has 0 spiro atoms. The molecule has 220 valence electrons. The predicted octanol–water partition coefficient (Wildman–Crippen LogP) is 4.33. The van der Waals surface area contributed by atoms with Crippen LogP contribution >= 0.6 is 0 Å². The van der Waals surface area contributed by atoms with Crippen molar-refractivity contribution in [1.29, 1.82) is 0 Å². The maximum atomic E-state index is 6.57. The Labute approximate surface area is 246 Å². The topological polar surface area (TPSA) is 98.4 Å². The van der Waals surface area contributed by atoms with Crippen molar-refractivity contribution in [3.63, 3.8) is 0 Å². The molecule has 0 unspecified atom stereocenters. The molecular weight excluding hydrogens is 530 g/mol. The molecule has 4 aromatic heterocycles. The summed E-state index contributed by atoms with van der Waals surface area (Å²) in [5.74, 6) is 3.26. The number of hydrogen-bond donors (Lipinski definition) is 1. The lowest BCUT2D eigenvalue weighted by atomic mass is 10.1. The SMILES string of the molecule is CCn1cc(-c2cnc3cc2O[C@@H](C)CCOc2c(cnn2C)-c2nccc(n2)N3)cc1CN1CCN(C2CC2)CC1. The van der Waals surface area contributed by atoms with Crippen molar-refractivity contribution in [1.82, 2.24) is 39.1 Å². The summed E-state index contributed by atoms with van der Waals surface area (Å²) in [6.07, 6.45) is 11.0. The molecule has 11 heteroatoms. The number of ether oxygens (including phenoxy) is 2. The lowest BCUT2D eigenvalue weighted by Gasteiger charge is -2.34. The van der Waals surface area contributed by atoms with Gasteiger partial charge < -0.3 is 19.4 Å². The van der Waals surface area contributed by atoms with Gasteiger partial charge in [-0.3, -0.25) is 9.80 Å². The van der Waals surface area contributed by atoms with Crippen molar-refractivity contribution in [3.05, 3.63) is 48.7 Å². The number of fused-ring (bicyclic) bond motifs is 6. The molecule has 1 N–H and O–H groups in total. The molecular formula is C31H39N9O2. The molecule has 3 aliphatic rings. The van der Waals surface area contributed by atoms with Crippen LogP contribution in [0.4, 0.5) is 11.6 Å². The summed E-state index contributed by atoms with van der Waals surface area (Å²) in [7, 11) is 1.86. The second-order valence-corrected chi connectivity index (χ2v) is 11.6. The van der Waals surface area contributed by atoms with Crippen molar-refractivity contribution >= 4 is 11.6 Å². The zero-order chi connectivity index (χ0) is 28.6. The molecule has 7 rings (SSSR count). The van der Waals surface area contributed by atoms with Crippen LogP contribution in [0.5, 0.6) is 11.6 Å². The van der Waals surface area contributed by atoms with Gasteiger partial charge in [-0.15, -0.1) is 0 Å². The van der Waals surface area contributed by atoms with E-state index in [4.69, 9.17) is 19.4 Å². The highest BCUT2D eigenvalue weighted by molar-refractivity contribution is 5.73.